The zero-order chi connectivity index (χ0) is 71.9. The minimum atomic E-state index is -1.34. The summed E-state index contributed by atoms with van der Waals surface area (Å²) in [5, 5.41) is 11.2. The molecule has 0 radical (unpaired) electrons. The van der Waals surface area contributed by atoms with Crippen LogP contribution in [0.15, 0.2) is 12.2 Å². The molecule has 2 rings (SSSR count). The number of carbonyl (C=O) groups excluding carboxylic acids is 11. The van der Waals surface area contributed by atoms with Crippen LogP contribution in [-0.4, -0.2) is 291 Å². The van der Waals surface area contributed by atoms with Gasteiger partial charge in [0, 0.05) is 102 Å². The van der Waals surface area contributed by atoms with E-state index in [1.54, 1.807) is 34.8 Å². The Labute approximate surface area is 563 Å². The van der Waals surface area contributed by atoms with Gasteiger partial charge in [0.15, 0.2) is 0 Å². The number of hydrogen-bond donors (Lipinski definition) is 4. The minimum Gasteiger partial charge on any atom is -0.383 e. The zero-order valence-electron chi connectivity index (χ0n) is 61.7. The standard InChI is InChI=1S/C68H123N13O13/c1-25-27-28-45(11)40-94-50(16)58-68(92)73(17)39-55(82)71-51(26-2)64(88)74(18)49(15)63(87)78(22)57(46(12)38-81-31-29-80(30-32-81)33-34-93-24)61(85)72-56(44(9)10)67(91)75(19)52(35-41(3)4)60(84)69-47(13)59(83)70-48(14)62(86)76(20)53(36-42(5)6)65(89)77(21)54(37-43(7)8)66(90)79(58)23/h25,27,41-54,56-58H,26,28-40H2,1-24H3,(H,69,84)(H,70,83)(H,71,82)(H,72,85). The van der Waals surface area contributed by atoms with Crippen molar-refractivity contribution in [2.75, 3.05) is 115 Å². The fraction of sp³-hybridized carbons (Fsp3) is 0.809. The molecule has 0 aromatic heterocycles. The highest BCUT2D eigenvalue weighted by Crippen LogP contribution is 2.25. The topological polar surface area (TPSA) is 284 Å². The van der Waals surface area contributed by atoms with E-state index in [1.807, 2.05) is 74.5 Å². The Morgan fingerprint density at radius 2 is 1.01 bits per heavy atom. The second-order valence-electron chi connectivity index (χ2n) is 28.2. The average Bonchev–Trinajstić information content (AvgIpc) is 0.827. The second-order valence-corrected chi connectivity index (χ2v) is 28.2. The fourth-order valence-electron chi connectivity index (χ4n) is 12.1. The first kappa shape index (κ1) is 83.8. The highest BCUT2D eigenvalue weighted by atomic mass is 16.5. The van der Waals surface area contributed by atoms with Gasteiger partial charge in [0.05, 0.1) is 19.3 Å². The largest absolute Gasteiger partial charge is 0.383 e. The summed E-state index contributed by atoms with van der Waals surface area (Å²) in [6.45, 7) is 32.5. The van der Waals surface area contributed by atoms with E-state index in [4.69, 9.17) is 9.47 Å². The number of methoxy groups -OCH3 is 1. The molecule has 0 aromatic carbocycles. The molecular formula is C68H123N13O13. The number of likely N-dealkylation sites (N-methyl/N-ethyl adjacent to an activating group) is 7. The van der Waals surface area contributed by atoms with Crippen molar-refractivity contribution < 1.29 is 62.2 Å². The molecule has 4 N–H and O–H groups in total. The molecule has 0 aliphatic carbocycles. The number of allylic oxidation sites excluding steroid dienone is 2. The minimum absolute atomic E-state index is 0.0146. The molecule has 2 fully saturated rings. The molecule has 0 saturated carbocycles. The third kappa shape index (κ3) is 24.4. The van der Waals surface area contributed by atoms with E-state index in [1.165, 1.54) is 99.5 Å². The maximum Gasteiger partial charge on any atom is 0.248 e. The van der Waals surface area contributed by atoms with Gasteiger partial charge in [-0.2, -0.15) is 0 Å². The van der Waals surface area contributed by atoms with Crippen molar-refractivity contribution >= 4 is 65.0 Å². The van der Waals surface area contributed by atoms with Gasteiger partial charge in [-0.1, -0.05) is 88.3 Å². The lowest BCUT2D eigenvalue weighted by Crippen LogP contribution is -2.62. The van der Waals surface area contributed by atoms with Crippen LogP contribution in [0.25, 0.3) is 0 Å². The predicted molar refractivity (Wildman–Crippen MR) is 363 cm³/mol. The van der Waals surface area contributed by atoms with Crippen molar-refractivity contribution in [2.24, 2.45) is 35.5 Å². The average molecular weight is 1330 g/mol. The maximum atomic E-state index is 15.3. The molecule has 2 saturated heterocycles. The first-order valence-electron chi connectivity index (χ1n) is 34.0. The van der Waals surface area contributed by atoms with Crippen LogP contribution in [0.2, 0.25) is 0 Å². The number of rotatable bonds is 20. The number of ether oxygens (including phenoxy) is 2. The monoisotopic (exact) mass is 1330 g/mol. The Bertz CT molecular complexity index is 2540. The summed E-state index contributed by atoms with van der Waals surface area (Å²) in [5.74, 6) is -8.61. The molecule has 2 heterocycles. The van der Waals surface area contributed by atoms with Crippen molar-refractivity contribution in [1.82, 2.24) is 65.4 Å². The Kier molecular flexibility index (Phi) is 35.4. The summed E-state index contributed by atoms with van der Waals surface area (Å²) in [6.07, 6.45) is 4.19. The lowest BCUT2D eigenvalue weighted by atomic mass is 9.95. The van der Waals surface area contributed by atoms with Crippen LogP contribution in [0.5, 0.6) is 0 Å². The molecule has 0 aromatic rings. The SMILES string of the molecule is CC=CCC(C)COC(C)C1C(=O)N(C)CC(=O)NC(CC)C(=O)N(C)C(C)C(=O)N(C)C(C(C)CN2CCN(CCOC)CC2)C(=O)NC(C(C)C)C(=O)N(C)C(CC(C)C)C(=O)NC(C)C(=O)NC(C)C(=O)N(C)C(CC(C)C)C(=O)N(C)C(CC(C)C)C(=O)N1C. The van der Waals surface area contributed by atoms with Crippen LogP contribution in [-0.2, 0) is 62.2 Å². The first-order valence-corrected chi connectivity index (χ1v) is 34.0. The van der Waals surface area contributed by atoms with Crippen molar-refractivity contribution in [3.8, 4) is 0 Å². The molecule has 13 atom stereocenters. The van der Waals surface area contributed by atoms with Gasteiger partial charge in [-0.15, -0.1) is 0 Å². The number of carbonyl (C=O) groups is 11. The number of piperazine rings is 1. The highest BCUT2D eigenvalue weighted by Gasteiger charge is 2.45. The van der Waals surface area contributed by atoms with E-state index in [9.17, 15) is 33.6 Å². The summed E-state index contributed by atoms with van der Waals surface area (Å²) in [4.78, 5) is 175. The quantitative estimate of drug-likeness (QED) is 0.128. The summed E-state index contributed by atoms with van der Waals surface area (Å²) in [7, 11) is 11.8. The third-order valence-corrected chi connectivity index (χ3v) is 18.3. The van der Waals surface area contributed by atoms with E-state index in [0.29, 0.717) is 32.7 Å². The maximum absolute atomic E-state index is 15.3. The van der Waals surface area contributed by atoms with Gasteiger partial charge in [-0.05, 0) is 102 Å². The molecule has 0 bridgehead atoms. The van der Waals surface area contributed by atoms with Crippen LogP contribution in [0.3, 0.4) is 0 Å². The lowest BCUT2D eigenvalue weighted by molar-refractivity contribution is -0.157. The molecule has 94 heavy (non-hydrogen) atoms. The smallest absolute Gasteiger partial charge is 0.248 e. The number of amides is 11. The van der Waals surface area contributed by atoms with Gasteiger partial charge in [0.2, 0.25) is 65.0 Å². The summed E-state index contributed by atoms with van der Waals surface area (Å²) in [6, 6.07) is -12.0. The highest BCUT2D eigenvalue weighted by molar-refractivity contribution is 5.99. The molecule has 26 nitrogen and oxygen atoms in total. The normalized spacial score (nSPS) is 27.1. The molecule has 2 aliphatic heterocycles. The van der Waals surface area contributed by atoms with Crippen LogP contribution in [0.1, 0.15) is 143 Å². The fourth-order valence-corrected chi connectivity index (χ4v) is 12.1. The summed E-state index contributed by atoms with van der Waals surface area (Å²) >= 11 is 0. The molecule has 11 amide bonds. The molecule has 13 unspecified atom stereocenters. The number of nitrogens with one attached hydrogen (secondary N) is 4. The van der Waals surface area contributed by atoms with E-state index >= 15 is 19.2 Å². The number of hydrogen-bond acceptors (Lipinski definition) is 15. The first-order chi connectivity index (χ1) is 43.8. The van der Waals surface area contributed by atoms with Gasteiger partial charge in [0.1, 0.15) is 60.4 Å². The lowest BCUT2D eigenvalue weighted by Gasteiger charge is -2.40. The zero-order valence-corrected chi connectivity index (χ0v) is 61.7. The van der Waals surface area contributed by atoms with E-state index in [0.717, 1.165) is 24.5 Å². The van der Waals surface area contributed by atoms with Gasteiger partial charge in [0.25, 0.3) is 0 Å². The Morgan fingerprint density at radius 3 is 1.52 bits per heavy atom. The van der Waals surface area contributed by atoms with Crippen molar-refractivity contribution in [2.45, 2.75) is 209 Å². The van der Waals surface area contributed by atoms with Crippen LogP contribution in [0.4, 0.5) is 0 Å². The van der Waals surface area contributed by atoms with Crippen LogP contribution < -0.4 is 21.3 Å². The Morgan fingerprint density at radius 1 is 0.521 bits per heavy atom. The van der Waals surface area contributed by atoms with Gasteiger partial charge in [-0.25, -0.2) is 0 Å². The summed E-state index contributed by atoms with van der Waals surface area (Å²) < 4.78 is 11.7. The number of nitrogens with zero attached hydrogens (tertiary/aromatic N) is 9. The molecule has 538 valence electrons. The molecule has 26 heteroatoms. The Balaban J connectivity index is 2.94. The van der Waals surface area contributed by atoms with Crippen molar-refractivity contribution in [1.29, 1.82) is 0 Å². The van der Waals surface area contributed by atoms with E-state index in [2.05, 4.69) is 31.1 Å². The van der Waals surface area contributed by atoms with Gasteiger partial charge >= 0.3 is 0 Å². The molecule has 0 spiro atoms. The molecular weight excluding hydrogens is 1210 g/mol. The molecule has 2 aliphatic rings. The van der Waals surface area contributed by atoms with E-state index in [-0.39, 0.29) is 56.0 Å². The van der Waals surface area contributed by atoms with Gasteiger partial charge < -0.3 is 69.9 Å². The van der Waals surface area contributed by atoms with Crippen LogP contribution >= 0.6 is 0 Å². The van der Waals surface area contributed by atoms with E-state index < -0.39 is 150 Å². The summed E-state index contributed by atoms with van der Waals surface area (Å²) in [5.41, 5.74) is 0. The second kappa shape index (κ2) is 39.7. The van der Waals surface area contributed by atoms with Gasteiger partial charge in [-0.3, -0.25) is 57.6 Å². The third-order valence-electron chi connectivity index (χ3n) is 18.3. The van der Waals surface area contributed by atoms with Crippen molar-refractivity contribution in [3.05, 3.63) is 12.2 Å². The predicted octanol–water partition coefficient (Wildman–Crippen LogP) is 2.53. The van der Waals surface area contributed by atoms with Crippen LogP contribution in [0, 0.1) is 35.5 Å². The van der Waals surface area contributed by atoms with Crippen molar-refractivity contribution in [3.63, 3.8) is 0 Å². The Hall–Kier alpha value is -6.25.